The Bertz CT molecular complexity index is 683. The molecule has 1 heterocycles. The lowest BCUT2D eigenvalue weighted by atomic mass is 9.90. The molecule has 0 atom stereocenters. The predicted octanol–water partition coefficient (Wildman–Crippen LogP) is 3.10. The first-order chi connectivity index (χ1) is 10.6. The molecule has 0 saturated heterocycles. The first kappa shape index (κ1) is 14.6. The Labute approximate surface area is 130 Å². The highest BCUT2D eigenvalue weighted by Gasteiger charge is 2.13. The monoisotopic (exact) mass is 298 g/mol. The van der Waals surface area contributed by atoms with E-state index >= 15 is 0 Å². The lowest BCUT2D eigenvalue weighted by Gasteiger charge is -2.19. The summed E-state index contributed by atoms with van der Waals surface area (Å²) < 4.78 is 5.50. The molecule has 1 aromatic carbocycles. The second-order valence-corrected chi connectivity index (χ2v) is 5.73. The number of hydrogen-bond donors (Lipinski definition) is 2. The molecular weight excluding hydrogens is 276 g/mol. The summed E-state index contributed by atoms with van der Waals surface area (Å²) in [6, 6.07) is 6.33. The first-order valence-corrected chi connectivity index (χ1v) is 7.74. The lowest BCUT2D eigenvalue weighted by molar-refractivity contribution is 0.473. The summed E-state index contributed by atoms with van der Waals surface area (Å²) >= 11 is 0. The van der Waals surface area contributed by atoms with Gasteiger partial charge in [0.05, 0.1) is 5.69 Å². The maximum Gasteiger partial charge on any atom is 0.216 e. The normalized spacial score (nSPS) is 14.7. The van der Waals surface area contributed by atoms with Gasteiger partial charge in [-0.3, -0.25) is 0 Å². The number of aromatic nitrogens is 1. The fourth-order valence-corrected chi connectivity index (χ4v) is 2.84. The first-order valence-electron chi connectivity index (χ1n) is 7.74. The van der Waals surface area contributed by atoms with Gasteiger partial charge in [0.2, 0.25) is 5.89 Å². The summed E-state index contributed by atoms with van der Waals surface area (Å²) in [5.41, 5.74) is 10.8. The van der Waals surface area contributed by atoms with Crippen molar-refractivity contribution in [2.75, 3.05) is 5.32 Å². The second kappa shape index (κ2) is 6.22. The van der Waals surface area contributed by atoms with Crippen LogP contribution in [0.15, 0.2) is 27.6 Å². The van der Waals surface area contributed by atoms with Crippen molar-refractivity contribution in [1.29, 1.82) is 0 Å². The number of aliphatic imine (C=N–C) groups is 1. The number of nitrogens with zero attached hydrogens (tertiary/aromatic N) is 2. The number of anilines is 1. The summed E-state index contributed by atoms with van der Waals surface area (Å²) in [5.74, 6) is 1.82. The van der Waals surface area contributed by atoms with E-state index in [0.717, 1.165) is 30.0 Å². The van der Waals surface area contributed by atoms with Crippen molar-refractivity contribution < 1.29 is 4.42 Å². The predicted molar refractivity (Wildman–Crippen MR) is 88.0 cm³/mol. The van der Waals surface area contributed by atoms with Gasteiger partial charge in [0.25, 0.3) is 0 Å². The zero-order chi connectivity index (χ0) is 15.5. The van der Waals surface area contributed by atoms with Crippen molar-refractivity contribution in [3.05, 3.63) is 46.7 Å². The number of aryl methyl sites for hydroxylation is 3. The van der Waals surface area contributed by atoms with E-state index in [4.69, 9.17) is 10.2 Å². The van der Waals surface area contributed by atoms with Crippen LogP contribution in [0.1, 0.15) is 41.3 Å². The molecule has 116 valence electrons. The summed E-state index contributed by atoms with van der Waals surface area (Å²) in [4.78, 5) is 8.62. The maximum atomic E-state index is 6.00. The van der Waals surface area contributed by atoms with E-state index in [1.54, 1.807) is 0 Å². The van der Waals surface area contributed by atoms with Gasteiger partial charge in [0.15, 0.2) is 5.96 Å². The van der Waals surface area contributed by atoms with Crippen molar-refractivity contribution in [3.8, 4) is 0 Å². The van der Waals surface area contributed by atoms with Gasteiger partial charge in [0, 0.05) is 5.69 Å². The number of benzene rings is 1. The highest BCUT2D eigenvalue weighted by Crippen LogP contribution is 2.27. The van der Waals surface area contributed by atoms with Crippen molar-refractivity contribution in [1.82, 2.24) is 4.98 Å². The number of hydrogen-bond acceptors (Lipinski definition) is 3. The van der Waals surface area contributed by atoms with Gasteiger partial charge in [-0.05, 0) is 56.7 Å². The molecular formula is C17H22N4O. The van der Waals surface area contributed by atoms with Gasteiger partial charge in [-0.15, -0.1) is 0 Å². The average Bonchev–Trinajstić information content (AvgIpc) is 2.84. The van der Waals surface area contributed by atoms with Crippen molar-refractivity contribution >= 4 is 11.6 Å². The molecule has 1 aliphatic carbocycles. The summed E-state index contributed by atoms with van der Waals surface area (Å²) in [5, 5.41) is 3.22. The van der Waals surface area contributed by atoms with Crippen LogP contribution < -0.4 is 11.1 Å². The largest absolute Gasteiger partial charge is 0.444 e. The minimum absolute atomic E-state index is 0.350. The van der Waals surface area contributed by atoms with Crippen LogP contribution in [0.4, 0.5) is 5.69 Å². The Morgan fingerprint density at radius 3 is 2.91 bits per heavy atom. The van der Waals surface area contributed by atoms with Crippen molar-refractivity contribution in [3.63, 3.8) is 0 Å². The number of nitrogens with one attached hydrogen (secondary N) is 1. The van der Waals surface area contributed by atoms with Crippen LogP contribution in [0.3, 0.4) is 0 Å². The van der Waals surface area contributed by atoms with E-state index in [2.05, 4.69) is 33.5 Å². The molecule has 5 nitrogen and oxygen atoms in total. The summed E-state index contributed by atoms with van der Waals surface area (Å²) in [6.07, 6.45) is 4.75. The van der Waals surface area contributed by atoms with Crippen LogP contribution in [-0.2, 0) is 19.4 Å². The molecule has 0 amide bonds. The van der Waals surface area contributed by atoms with E-state index in [-0.39, 0.29) is 0 Å². The molecule has 0 aliphatic heterocycles. The highest BCUT2D eigenvalue weighted by molar-refractivity contribution is 5.93. The van der Waals surface area contributed by atoms with Gasteiger partial charge in [-0.25, -0.2) is 9.98 Å². The smallest absolute Gasteiger partial charge is 0.216 e. The van der Waals surface area contributed by atoms with Gasteiger partial charge in [-0.1, -0.05) is 12.1 Å². The van der Waals surface area contributed by atoms with Gasteiger partial charge in [-0.2, -0.15) is 0 Å². The van der Waals surface area contributed by atoms with E-state index in [9.17, 15) is 0 Å². The molecule has 0 saturated carbocycles. The minimum Gasteiger partial charge on any atom is -0.444 e. The molecule has 0 spiro atoms. The summed E-state index contributed by atoms with van der Waals surface area (Å²) in [7, 11) is 0. The lowest BCUT2D eigenvalue weighted by Crippen LogP contribution is -2.24. The standard InChI is InChI=1S/C17H22N4O/c1-11-12(2)22-16(20-11)10-19-17(18)21-15-9-5-7-13-6-3-4-8-14(13)15/h5,7,9H,3-4,6,8,10H2,1-2H3,(H3,18,19,21). The van der Waals surface area contributed by atoms with Crippen LogP contribution in [-0.4, -0.2) is 10.9 Å². The SMILES string of the molecule is Cc1nc(CN=C(N)Nc2cccc3c2CCCC3)oc1C. The Balaban J connectivity index is 1.71. The van der Waals surface area contributed by atoms with Crippen LogP contribution in [0, 0.1) is 13.8 Å². The zero-order valence-electron chi connectivity index (χ0n) is 13.1. The van der Waals surface area contributed by atoms with E-state index in [1.165, 1.54) is 24.0 Å². The highest BCUT2D eigenvalue weighted by atomic mass is 16.4. The number of fused-ring (bicyclic) bond motifs is 1. The van der Waals surface area contributed by atoms with Crippen LogP contribution >= 0.6 is 0 Å². The molecule has 3 rings (SSSR count). The third-order valence-corrected chi connectivity index (χ3v) is 4.12. The third-order valence-electron chi connectivity index (χ3n) is 4.12. The molecule has 1 aliphatic rings. The van der Waals surface area contributed by atoms with Crippen LogP contribution in [0.5, 0.6) is 0 Å². The molecule has 0 fully saturated rings. The molecule has 3 N–H and O–H groups in total. The quantitative estimate of drug-likeness (QED) is 0.674. The fraction of sp³-hybridized carbons (Fsp3) is 0.412. The summed E-state index contributed by atoms with van der Waals surface area (Å²) in [6.45, 7) is 4.17. The fourth-order valence-electron chi connectivity index (χ4n) is 2.84. The van der Waals surface area contributed by atoms with Gasteiger partial charge >= 0.3 is 0 Å². The molecule has 0 unspecified atom stereocenters. The van der Waals surface area contributed by atoms with E-state index in [1.807, 2.05) is 13.8 Å². The van der Waals surface area contributed by atoms with Crippen LogP contribution in [0.2, 0.25) is 0 Å². The Kier molecular flexibility index (Phi) is 4.13. The van der Waals surface area contributed by atoms with Crippen LogP contribution in [0.25, 0.3) is 0 Å². The molecule has 5 heteroatoms. The zero-order valence-corrected chi connectivity index (χ0v) is 13.1. The van der Waals surface area contributed by atoms with Gasteiger partial charge < -0.3 is 15.5 Å². The number of guanidine groups is 1. The van der Waals surface area contributed by atoms with E-state index < -0.39 is 0 Å². The number of oxazole rings is 1. The Morgan fingerprint density at radius 1 is 1.32 bits per heavy atom. The average molecular weight is 298 g/mol. The molecule has 1 aromatic heterocycles. The maximum absolute atomic E-state index is 6.00. The van der Waals surface area contributed by atoms with Gasteiger partial charge in [0.1, 0.15) is 12.3 Å². The molecule has 0 bridgehead atoms. The minimum atomic E-state index is 0.350. The van der Waals surface area contributed by atoms with E-state index in [0.29, 0.717) is 18.4 Å². The Hall–Kier alpha value is -2.30. The number of nitrogens with two attached hydrogens (primary N) is 1. The topological polar surface area (TPSA) is 76.4 Å². The third kappa shape index (κ3) is 3.13. The Morgan fingerprint density at radius 2 is 2.14 bits per heavy atom. The van der Waals surface area contributed by atoms with Crippen molar-refractivity contribution in [2.45, 2.75) is 46.1 Å². The molecule has 2 aromatic rings. The molecule has 0 radical (unpaired) electrons. The second-order valence-electron chi connectivity index (χ2n) is 5.73. The number of rotatable bonds is 3. The molecule has 22 heavy (non-hydrogen) atoms. The van der Waals surface area contributed by atoms with Crippen molar-refractivity contribution in [2.24, 2.45) is 10.7 Å².